The number of carboxylic acids is 1. The van der Waals surface area contributed by atoms with Crippen LogP contribution < -0.4 is 0 Å². The molecule has 3 rings (SSSR count). The van der Waals surface area contributed by atoms with E-state index in [1.54, 1.807) is 24.5 Å². The number of carboxylic acid groups (broad SMARTS) is 1. The van der Waals surface area contributed by atoms with Crippen molar-refractivity contribution in [3.8, 4) is 11.5 Å². The van der Waals surface area contributed by atoms with Gasteiger partial charge in [-0.1, -0.05) is 6.07 Å². The number of hydrogen-bond donors (Lipinski definition) is 1. The summed E-state index contributed by atoms with van der Waals surface area (Å²) in [6.07, 6.45) is -0.203. The Balaban J connectivity index is 2.20. The van der Waals surface area contributed by atoms with Gasteiger partial charge in [0.25, 0.3) is 0 Å². The molecule has 1 aromatic carbocycles. The molecule has 0 spiro atoms. The zero-order chi connectivity index (χ0) is 16.6. The van der Waals surface area contributed by atoms with Gasteiger partial charge in [0.2, 0.25) is 0 Å². The topological polar surface area (TPSA) is 60.0 Å². The van der Waals surface area contributed by atoms with Crippen molar-refractivity contribution in [2.45, 2.75) is 6.18 Å². The fraction of sp³-hybridized carbons (Fsp3) is 0.0667. The molecule has 0 fully saturated rings. The average Bonchev–Trinajstić information content (AvgIpc) is 3.15. The molecule has 2 heterocycles. The van der Waals surface area contributed by atoms with Gasteiger partial charge in [-0.05, 0) is 30.3 Å². The summed E-state index contributed by atoms with van der Waals surface area (Å²) in [5, 5.41) is 13.2. The highest BCUT2D eigenvalue weighted by atomic mass is 19.4. The van der Waals surface area contributed by atoms with Crippen molar-refractivity contribution in [1.29, 1.82) is 0 Å². The molecule has 0 saturated heterocycles. The third-order valence-corrected chi connectivity index (χ3v) is 3.24. The van der Waals surface area contributed by atoms with Crippen LogP contribution in [0.3, 0.4) is 0 Å². The molecular weight excluding hydrogens is 311 g/mol. The van der Waals surface area contributed by atoms with Gasteiger partial charge >= 0.3 is 12.1 Å². The fourth-order valence-corrected chi connectivity index (χ4v) is 2.22. The second-order valence-corrected chi connectivity index (χ2v) is 4.74. The molecule has 23 heavy (non-hydrogen) atoms. The lowest BCUT2D eigenvalue weighted by molar-refractivity contribution is -0.137. The van der Waals surface area contributed by atoms with Crippen LogP contribution in [0.25, 0.3) is 11.5 Å². The van der Waals surface area contributed by atoms with Crippen LogP contribution in [0.1, 0.15) is 15.9 Å². The lowest BCUT2D eigenvalue weighted by Gasteiger charge is -2.12. The van der Waals surface area contributed by atoms with E-state index in [9.17, 15) is 23.1 Å². The second kappa shape index (κ2) is 5.31. The molecule has 0 aliphatic carbocycles. The van der Waals surface area contributed by atoms with Gasteiger partial charge in [0, 0.05) is 12.4 Å². The van der Waals surface area contributed by atoms with Crippen LogP contribution in [0.15, 0.2) is 55.0 Å². The number of aromatic carboxylic acids is 1. The normalized spacial score (nSPS) is 11.6. The fourth-order valence-electron chi connectivity index (χ4n) is 2.22. The Kier molecular flexibility index (Phi) is 3.44. The first-order chi connectivity index (χ1) is 10.9. The van der Waals surface area contributed by atoms with Gasteiger partial charge in [-0.2, -0.15) is 18.3 Å². The van der Waals surface area contributed by atoms with E-state index in [-0.39, 0.29) is 17.1 Å². The molecule has 1 N–H and O–H groups in total. The molecule has 0 atom stereocenters. The number of rotatable bonds is 3. The van der Waals surface area contributed by atoms with E-state index < -0.39 is 17.7 Å². The molecule has 8 heteroatoms. The van der Waals surface area contributed by atoms with Gasteiger partial charge in [0.1, 0.15) is 5.56 Å². The maximum absolute atomic E-state index is 12.9. The van der Waals surface area contributed by atoms with Crippen molar-refractivity contribution in [3.05, 3.63) is 66.1 Å². The van der Waals surface area contributed by atoms with Gasteiger partial charge in [-0.3, -0.25) is 0 Å². The third kappa shape index (κ3) is 2.70. The molecule has 0 amide bonds. The highest BCUT2D eigenvalue weighted by Crippen LogP contribution is 2.31. The number of alkyl halides is 3. The van der Waals surface area contributed by atoms with Crippen molar-refractivity contribution in [3.63, 3.8) is 0 Å². The van der Waals surface area contributed by atoms with Gasteiger partial charge in [-0.25, -0.2) is 9.48 Å². The maximum atomic E-state index is 12.9. The number of hydrogen-bond acceptors (Lipinski definition) is 2. The first-order valence-corrected chi connectivity index (χ1v) is 6.50. The van der Waals surface area contributed by atoms with E-state index in [1.807, 2.05) is 0 Å². The maximum Gasteiger partial charge on any atom is 0.416 e. The van der Waals surface area contributed by atoms with Gasteiger partial charge in [0.05, 0.1) is 17.4 Å². The monoisotopic (exact) mass is 321 g/mol. The molecule has 118 valence electrons. The van der Waals surface area contributed by atoms with Crippen LogP contribution in [-0.4, -0.2) is 25.4 Å². The Morgan fingerprint density at radius 3 is 2.43 bits per heavy atom. The molecule has 0 aliphatic rings. The van der Waals surface area contributed by atoms with E-state index in [0.29, 0.717) is 0 Å². The summed E-state index contributed by atoms with van der Waals surface area (Å²) >= 11 is 0. The summed E-state index contributed by atoms with van der Waals surface area (Å²) in [5.74, 6) is -1.06. The highest BCUT2D eigenvalue weighted by molar-refractivity contribution is 5.91. The molecule has 0 radical (unpaired) electrons. The summed E-state index contributed by atoms with van der Waals surface area (Å²) < 4.78 is 41.2. The van der Waals surface area contributed by atoms with E-state index >= 15 is 0 Å². The number of aromatic nitrogens is 3. The van der Waals surface area contributed by atoms with Crippen LogP contribution in [0.5, 0.6) is 0 Å². The molecule has 0 bridgehead atoms. The Hall–Kier alpha value is -3.03. The van der Waals surface area contributed by atoms with Crippen LogP contribution in [-0.2, 0) is 6.18 Å². The Morgan fingerprint density at radius 1 is 1.13 bits per heavy atom. The van der Waals surface area contributed by atoms with Crippen molar-refractivity contribution >= 4 is 5.97 Å². The molecule has 3 aromatic rings. The van der Waals surface area contributed by atoms with Gasteiger partial charge < -0.3 is 9.67 Å². The second-order valence-electron chi connectivity index (χ2n) is 4.74. The smallest absolute Gasteiger partial charge is 0.416 e. The number of nitrogens with zero attached hydrogens (tertiary/aromatic N) is 3. The lowest BCUT2D eigenvalue weighted by atomic mass is 10.2. The molecular formula is C15H10F3N3O2. The summed E-state index contributed by atoms with van der Waals surface area (Å²) in [4.78, 5) is 11.3. The van der Waals surface area contributed by atoms with Crippen LogP contribution in [0.4, 0.5) is 13.2 Å². The molecule has 0 saturated carbocycles. The van der Waals surface area contributed by atoms with E-state index in [2.05, 4.69) is 5.10 Å². The van der Waals surface area contributed by atoms with Crippen LogP contribution in [0.2, 0.25) is 0 Å². The predicted molar refractivity (Wildman–Crippen MR) is 74.9 cm³/mol. The first-order valence-electron chi connectivity index (χ1n) is 6.50. The highest BCUT2D eigenvalue weighted by Gasteiger charge is 2.31. The molecule has 5 nitrogen and oxygen atoms in total. The Morgan fingerprint density at radius 2 is 1.83 bits per heavy atom. The van der Waals surface area contributed by atoms with Crippen LogP contribution >= 0.6 is 0 Å². The number of halogens is 3. The minimum atomic E-state index is -4.49. The summed E-state index contributed by atoms with van der Waals surface area (Å²) in [5.41, 5.74) is -0.824. The van der Waals surface area contributed by atoms with Crippen LogP contribution in [0, 0.1) is 0 Å². The Labute approximate surface area is 128 Å². The van der Waals surface area contributed by atoms with E-state index in [0.717, 1.165) is 18.3 Å². The van der Waals surface area contributed by atoms with E-state index in [1.165, 1.54) is 21.4 Å². The zero-order valence-corrected chi connectivity index (χ0v) is 11.5. The minimum Gasteiger partial charge on any atom is -0.477 e. The van der Waals surface area contributed by atoms with Crippen molar-refractivity contribution in [2.24, 2.45) is 0 Å². The zero-order valence-electron chi connectivity index (χ0n) is 11.5. The Bertz CT molecular complexity index is 851. The minimum absolute atomic E-state index is 0.112. The summed E-state index contributed by atoms with van der Waals surface area (Å²) in [6, 6.07) is 7.90. The molecule has 0 aliphatic heterocycles. The van der Waals surface area contributed by atoms with Crippen molar-refractivity contribution in [1.82, 2.24) is 14.3 Å². The number of carbonyl (C=O) groups is 1. The SMILES string of the molecule is O=C(O)c1cnn(-c2cccc(C(F)(F)F)c2)c1-n1cccc1. The molecule has 2 aromatic heterocycles. The van der Waals surface area contributed by atoms with Gasteiger partial charge in [-0.15, -0.1) is 0 Å². The number of benzene rings is 1. The quantitative estimate of drug-likeness (QED) is 0.804. The van der Waals surface area contributed by atoms with Gasteiger partial charge in [0.15, 0.2) is 5.82 Å². The predicted octanol–water partition coefficient (Wildman–Crippen LogP) is 3.38. The van der Waals surface area contributed by atoms with Crippen molar-refractivity contribution in [2.75, 3.05) is 0 Å². The standard InChI is InChI=1S/C15H10F3N3O2/c16-15(17,18)10-4-3-5-11(8-10)21-13(20-6-1-2-7-20)12(9-19-21)14(22)23/h1-9H,(H,22,23). The average molecular weight is 321 g/mol. The van der Waals surface area contributed by atoms with Crippen molar-refractivity contribution < 1.29 is 23.1 Å². The first kappa shape index (κ1) is 14.9. The lowest BCUT2D eigenvalue weighted by Crippen LogP contribution is -2.10. The molecule has 0 unspecified atom stereocenters. The third-order valence-electron chi connectivity index (χ3n) is 3.24. The van der Waals surface area contributed by atoms with E-state index in [4.69, 9.17) is 0 Å². The summed E-state index contributed by atoms with van der Waals surface area (Å²) in [7, 11) is 0. The summed E-state index contributed by atoms with van der Waals surface area (Å²) in [6.45, 7) is 0. The largest absolute Gasteiger partial charge is 0.477 e.